The lowest BCUT2D eigenvalue weighted by molar-refractivity contribution is 0.457. The monoisotopic (exact) mass is 370 g/mol. The summed E-state index contributed by atoms with van der Waals surface area (Å²) in [7, 11) is -2.04. The molecule has 0 atom stereocenters. The minimum absolute atomic E-state index is 0.150. The largest absolute Gasteiger partial charge is 0.441 e. The molecule has 0 saturated heterocycles. The van der Waals surface area contributed by atoms with E-state index in [1.165, 1.54) is 4.31 Å². The molecule has 0 fully saturated rings. The molecule has 0 radical (unpaired) electrons. The van der Waals surface area contributed by atoms with Crippen molar-refractivity contribution in [1.82, 2.24) is 9.29 Å². The first-order chi connectivity index (χ1) is 12.3. The molecule has 6 heteroatoms. The number of oxazole rings is 1. The molecule has 136 valence electrons. The number of aromatic nitrogens is 1. The molecule has 0 unspecified atom stereocenters. The van der Waals surface area contributed by atoms with Gasteiger partial charge in [0.15, 0.2) is 0 Å². The first kappa shape index (κ1) is 18.4. The minimum atomic E-state index is -3.60. The van der Waals surface area contributed by atoms with Gasteiger partial charge in [-0.05, 0) is 56.2 Å². The van der Waals surface area contributed by atoms with E-state index in [9.17, 15) is 8.42 Å². The van der Waals surface area contributed by atoms with Crippen molar-refractivity contribution >= 4 is 10.0 Å². The zero-order chi connectivity index (χ0) is 18.9. The van der Waals surface area contributed by atoms with E-state index in [-0.39, 0.29) is 11.4 Å². The average Bonchev–Trinajstić information content (AvgIpc) is 2.98. The average molecular weight is 370 g/mol. The molecule has 0 aliphatic carbocycles. The van der Waals surface area contributed by atoms with Crippen molar-refractivity contribution in [3.63, 3.8) is 0 Å². The van der Waals surface area contributed by atoms with E-state index < -0.39 is 10.0 Å². The fourth-order valence-corrected chi connectivity index (χ4v) is 3.85. The Kier molecular flexibility index (Phi) is 4.98. The molecule has 0 aliphatic heterocycles. The number of sulfonamides is 1. The number of nitrogens with zero attached hydrogens (tertiary/aromatic N) is 2. The topological polar surface area (TPSA) is 63.4 Å². The van der Waals surface area contributed by atoms with E-state index in [1.807, 2.05) is 50.2 Å². The standard InChI is InChI=1S/C20H22N2O3S/c1-14-10-11-18(12-15(14)2)26(23,24)22(4)13-19-16(3)25-20(21-19)17-8-6-5-7-9-17/h5-12H,13H2,1-4H3. The van der Waals surface area contributed by atoms with Crippen molar-refractivity contribution in [1.29, 1.82) is 0 Å². The van der Waals surface area contributed by atoms with Gasteiger partial charge in [0.25, 0.3) is 0 Å². The summed E-state index contributed by atoms with van der Waals surface area (Å²) in [5.41, 5.74) is 3.48. The molecule has 2 aromatic carbocycles. The Bertz CT molecular complexity index is 1020. The van der Waals surface area contributed by atoms with Crippen LogP contribution in [0.25, 0.3) is 11.5 Å². The SMILES string of the molecule is Cc1ccc(S(=O)(=O)N(C)Cc2nc(-c3ccccc3)oc2C)cc1C. The summed E-state index contributed by atoms with van der Waals surface area (Å²) >= 11 is 0. The van der Waals surface area contributed by atoms with Crippen molar-refractivity contribution in [3.05, 3.63) is 71.1 Å². The van der Waals surface area contributed by atoms with Crippen LogP contribution in [-0.4, -0.2) is 24.8 Å². The molecule has 1 aromatic heterocycles. The highest BCUT2D eigenvalue weighted by Gasteiger charge is 2.24. The third kappa shape index (κ3) is 3.57. The second-order valence-corrected chi connectivity index (χ2v) is 8.44. The molecule has 3 rings (SSSR count). The first-order valence-corrected chi connectivity index (χ1v) is 9.78. The van der Waals surface area contributed by atoms with Crippen LogP contribution in [0.5, 0.6) is 0 Å². The minimum Gasteiger partial charge on any atom is -0.441 e. The maximum Gasteiger partial charge on any atom is 0.243 e. The number of aryl methyl sites for hydroxylation is 3. The summed E-state index contributed by atoms with van der Waals surface area (Å²) in [6.07, 6.45) is 0. The second kappa shape index (κ2) is 7.05. The van der Waals surface area contributed by atoms with Gasteiger partial charge in [0.1, 0.15) is 5.76 Å². The maximum absolute atomic E-state index is 12.9. The Morgan fingerprint density at radius 1 is 1.00 bits per heavy atom. The van der Waals surface area contributed by atoms with Gasteiger partial charge in [0, 0.05) is 12.6 Å². The van der Waals surface area contributed by atoms with E-state index in [0.29, 0.717) is 17.3 Å². The lowest BCUT2D eigenvalue weighted by Crippen LogP contribution is -2.27. The predicted molar refractivity (Wildman–Crippen MR) is 101 cm³/mol. The molecule has 0 spiro atoms. The van der Waals surface area contributed by atoms with Gasteiger partial charge in [-0.2, -0.15) is 4.31 Å². The first-order valence-electron chi connectivity index (χ1n) is 8.34. The zero-order valence-corrected chi connectivity index (χ0v) is 16.2. The van der Waals surface area contributed by atoms with E-state index in [1.54, 1.807) is 26.1 Å². The predicted octanol–water partition coefficient (Wildman–Crippen LogP) is 4.09. The van der Waals surface area contributed by atoms with Crippen molar-refractivity contribution < 1.29 is 12.8 Å². The number of rotatable bonds is 5. The summed E-state index contributed by atoms with van der Waals surface area (Å²) in [5, 5.41) is 0. The molecule has 0 amide bonds. The second-order valence-electron chi connectivity index (χ2n) is 6.40. The Hall–Kier alpha value is -2.44. The number of benzene rings is 2. The summed E-state index contributed by atoms with van der Waals surface area (Å²) in [6, 6.07) is 14.7. The molecular weight excluding hydrogens is 348 g/mol. The van der Waals surface area contributed by atoms with Crippen LogP contribution in [0, 0.1) is 20.8 Å². The molecule has 0 aliphatic rings. The van der Waals surface area contributed by atoms with E-state index in [2.05, 4.69) is 4.98 Å². The normalized spacial score (nSPS) is 11.9. The van der Waals surface area contributed by atoms with Gasteiger partial charge in [-0.1, -0.05) is 24.3 Å². The third-order valence-electron chi connectivity index (χ3n) is 4.47. The fourth-order valence-electron chi connectivity index (χ4n) is 2.63. The highest BCUT2D eigenvalue weighted by atomic mass is 32.2. The summed E-state index contributed by atoms with van der Waals surface area (Å²) in [6.45, 7) is 5.81. The lowest BCUT2D eigenvalue weighted by Gasteiger charge is -2.17. The quantitative estimate of drug-likeness (QED) is 0.679. The Morgan fingerprint density at radius 2 is 1.69 bits per heavy atom. The van der Waals surface area contributed by atoms with E-state index in [4.69, 9.17) is 4.42 Å². The van der Waals surface area contributed by atoms with Gasteiger partial charge in [-0.15, -0.1) is 0 Å². The van der Waals surface area contributed by atoms with Crippen LogP contribution < -0.4 is 0 Å². The Balaban J connectivity index is 1.86. The highest BCUT2D eigenvalue weighted by Crippen LogP contribution is 2.24. The molecule has 26 heavy (non-hydrogen) atoms. The summed E-state index contributed by atoms with van der Waals surface area (Å²) in [4.78, 5) is 4.77. The van der Waals surface area contributed by atoms with Gasteiger partial charge < -0.3 is 4.42 Å². The molecule has 0 bridgehead atoms. The third-order valence-corrected chi connectivity index (χ3v) is 6.27. The van der Waals surface area contributed by atoms with Gasteiger partial charge in [0.2, 0.25) is 15.9 Å². The number of hydrogen-bond acceptors (Lipinski definition) is 4. The van der Waals surface area contributed by atoms with E-state index >= 15 is 0 Å². The van der Waals surface area contributed by atoms with Crippen LogP contribution in [0.1, 0.15) is 22.6 Å². The number of hydrogen-bond donors (Lipinski definition) is 0. The Labute approximate surface area is 154 Å². The van der Waals surface area contributed by atoms with Gasteiger partial charge >= 0.3 is 0 Å². The molecule has 5 nitrogen and oxygen atoms in total. The molecule has 1 heterocycles. The van der Waals surface area contributed by atoms with Gasteiger partial charge in [0.05, 0.1) is 17.1 Å². The molecular formula is C20H22N2O3S. The van der Waals surface area contributed by atoms with Crippen molar-refractivity contribution in [2.75, 3.05) is 7.05 Å². The summed E-state index contributed by atoms with van der Waals surface area (Å²) in [5.74, 6) is 1.11. The molecule has 0 saturated carbocycles. The van der Waals surface area contributed by atoms with Crippen molar-refractivity contribution in [3.8, 4) is 11.5 Å². The Morgan fingerprint density at radius 3 is 2.35 bits per heavy atom. The lowest BCUT2D eigenvalue weighted by atomic mass is 10.1. The highest BCUT2D eigenvalue weighted by molar-refractivity contribution is 7.89. The van der Waals surface area contributed by atoms with Crippen LogP contribution in [0.15, 0.2) is 57.8 Å². The van der Waals surface area contributed by atoms with Gasteiger partial charge in [-0.25, -0.2) is 13.4 Å². The van der Waals surface area contributed by atoms with Crippen LogP contribution in [0.4, 0.5) is 0 Å². The van der Waals surface area contributed by atoms with Crippen LogP contribution in [-0.2, 0) is 16.6 Å². The fraction of sp³-hybridized carbons (Fsp3) is 0.250. The van der Waals surface area contributed by atoms with Crippen molar-refractivity contribution in [2.24, 2.45) is 0 Å². The summed E-state index contributed by atoms with van der Waals surface area (Å²) < 4.78 is 32.7. The van der Waals surface area contributed by atoms with Crippen molar-refractivity contribution in [2.45, 2.75) is 32.2 Å². The van der Waals surface area contributed by atoms with Crippen LogP contribution in [0.3, 0.4) is 0 Å². The zero-order valence-electron chi connectivity index (χ0n) is 15.4. The van der Waals surface area contributed by atoms with E-state index in [0.717, 1.165) is 16.7 Å². The maximum atomic E-state index is 12.9. The molecule has 3 aromatic rings. The van der Waals surface area contributed by atoms with Gasteiger partial charge in [-0.3, -0.25) is 0 Å². The van der Waals surface area contributed by atoms with Crippen LogP contribution in [0.2, 0.25) is 0 Å². The molecule has 0 N–H and O–H groups in total. The smallest absolute Gasteiger partial charge is 0.243 e. The van der Waals surface area contributed by atoms with Crippen LogP contribution >= 0.6 is 0 Å².